The topological polar surface area (TPSA) is 134 Å². The normalized spacial score (nSPS) is 9.85. The number of H-pyrrole nitrogens is 1. The number of aromatic nitrogens is 3. The molecule has 3 rings (SSSR count). The largest absolute Gasteiger partial charge is 0.477 e. The number of anilines is 2. The third kappa shape index (κ3) is 5.67. The summed E-state index contributed by atoms with van der Waals surface area (Å²) < 4.78 is 0. The second-order valence-corrected chi connectivity index (χ2v) is 5.64. The number of rotatable bonds is 5. The van der Waals surface area contributed by atoms with Gasteiger partial charge >= 0.3 is 5.97 Å². The van der Waals surface area contributed by atoms with Crippen molar-refractivity contribution in [2.45, 2.75) is 20.3 Å². The van der Waals surface area contributed by atoms with E-state index in [1.54, 1.807) is 25.4 Å². The number of hydrogen-bond donors (Lipinski definition) is 4. The molecular weight excluding hydrogens is 346 g/mol. The van der Waals surface area contributed by atoms with Crippen molar-refractivity contribution in [2.75, 3.05) is 5.32 Å². The highest BCUT2D eigenvalue weighted by molar-refractivity contribution is 5.87. The van der Waals surface area contributed by atoms with Gasteiger partial charge in [0.25, 0.3) is 0 Å². The zero-order valence-electron chi connectivity index (χ0n) is 15.1. The van der Waals surface area contributed by atoms with Crippen molar-refractivity contribution in [3.8, 4) is 11.3 Å². The maximum Gasteiger partial charge on any atom is 0.352 e. The van der Waals surface area contributed by atoms with E-state index in [9.17, 15) is 9.59 Å². The molecule has 0 aliphatic rings. The van der Waals surface area contributed by atoms with E-state index in [2.05, 4.69) is 26.0 Å². The van der Waals surface area contributed by atoms with Gasteiger partial charge in [-0.2, -0.15) is 0 Å². The molecule has 0 radical (unpaired) electrons. The molecule has 0 saturated heterocycles. The Hall–Kier alpha value is -3.68. The van der Waals surface area contributed by atoms with Crippen LogP contribution in [0, 0.1) is 6.92 Å². The van der Waals surface area contributed by atoms with Crippen LogP contribution < -0.4 is 11.1 Å². The van der Waals surface area contributed by atoms with Crippen molar-refractivity contribution < 1.29 is 14.7 Å². The van der Waals surface area contributed by atoms with E-state index in [1.807, 2.05) is 37.3 Å². The maximum atomic E-state index is 11.0. The Bertz CT molecular complexity index is 922. The summed E-state index contributed by atoms with van der Waals surface area (Å²) in [5, 5.41) is 12.1. The van der Waals surface area contributed by atoms with Crippen LogP contribution in [0.4, 0.5) is 11.6 Å². The predicted molar refractivity (Wildman–Crippen MR) is 103 cm³/mol. The summed E-state index contributed by atoms with van der Waals surface area (Å²) in [6, 6.07) is 11.2. The number of nitrogens with zero attached hydrogens (tertiary/aromatic N) is 2. The first kappa shape index (κ1) is 19.6. The molecule has 0 aliphatic carbocycles. The van der Waals surface area contributed by atoms with Crippen LogP contribution in [-0.4, -0.2) is 31.9 Å². The monoisotopic (exact) mass is 367 g/mol. The summed E-state index contributed by atoms with van der Waals surface area (Å²) in [6.07, 6.45) is 3.78. The highest BCUT2D eigenvalue weighted by Crippen LogP contribution is 2.23. The van der Waals surface area contributed by atoms with E-state index in [0.29, 0.717) is 23.6 Å². The number of carboxylic acids is 1. The molecule has 0 unspecified atom stereocenters. The zero-order valence-corrected chi connectivity index (χ0v) is 15.1. The van der Waals surface area contributed by atoms with Gasteiger partial charge in [-0.3, -0.25) is 4.79 Å². The first-order chi connectivity index (χ1) is 12.9. The minimum absolute atomic E-state index is 0.130. The lowest BCUT2D eigenvalue weighted by molar-refractivity contribution is -0.117. The molecule has 0 bridgehead atoms. The number of nitrogens with one attached hydrogen (secondary N) is 2. The minimum atomic E-state index is -0.999. The number of benzene rings is 1. The Balaban J connectivity index is 0.000000465. The number of amides is 1. The molecule has 2 aromatic heterocycles. The van der Waals surface area contributed by atoms with Crippen molar-refractivity contribution in [1.82, 2.24) is 15.0 Å². The summed E-state index contributed by atoms with van der Waals surface area (Å²) in [4.78, 5) is 32.0. The number of hydrogen-bond acceptors (Lipinski definition) is 5. The minimum Gasteiger partial charge on any atom is -0.477 e. The van der Waals surface area contributed by atoms with E-state index in [4.69, 9.17) is 5.11 Å². The third-order valence-electron chi connectivity index (χ3n) is 3.54. The van der Waals surface area contributed by atoms with Crippen molar-refractivity contribution in [3.63, 3.8) is 0 Å². The van der Waals surface area contributed by atoms with Gasteiger partial charge < -0.3 is 21.1 Å². The quantitative estimate of drug-likeness (QED) is 0.547. The first-order valence-electron chi connectivity index (χ1n) is 8.26. The van der Waals surface area contributed by atoms with Crippen LogP contribution in [0.1, 0.15) is 29.4 Å². The lowest BCUT2D eigenvalue weighted by atomic mass is 10.1. The SMILES string of the molecule is CCC(N)=O.Cc1cnc(Nc2ccccc2)nc1-c1c[nH]c(C(=O)O)c1. The fourth-order valence-corrected chi connectivity index (χ4v) is 2.10. The van der Waals surface area contributed by atoms with E-state index in [1.165, 1.54) is 0 Å². The van der Waals surface area contributed by atoms with E-state index in [0.717, 1.165) is 11.3 Å². The van der Waals surface area contributed by atoms with Crippen molar-refractivity contribution >= 4 is 23.5 Å². The second kappa shape index (κ2) is 9.14. The van der Waals surface area contributed by atoms with Gasteiger partial charge in [-0.25, -0.2) is 14.8 Å². The average molecular weight is 367 g/mol. The molecule has 8 nitrogen and oxygen atoms in total. The number of carbonyl (C=O) groups is 2. The van der Waals surface area contributed by atoms with Crippen LogP contribution in [0.5, 0.6) is 0 Å². The van der Waals surface area contributed by atoms with E-state index < -0.39 is 5.97 Å². The van der Waals surface area contributed by atoms with Crippen molar-refractivity contribution in [3.05, 3.63) is 60.0 Å². The summed E-state index contributed by atoms with van der Waals surface area (Å²) in [7, 11) is 0. The molecule has 0 atom stereocenters. The molecule has 2 heterocycles. The van der Waals surface area contributed by atoms with Gasteiger partial charge in [0.2, 0.25) is 11.9 Å². The van der Waals surface area contributed by atoms with Gasteiger partial charge in [0.15, 0.2) is 0 Å². The number of carbonyl (C=O) groups excluding carboxylic acids is 1. The van der Waals surface area contributed by atoms with Crippen molar-refractivity contribution in [2.24, 2.45) is 5.73 Å². The Kier molecular flexibility index (Phi) is 6.65. The molecule has 8 heteroatoms. The maximum absolute atomic E-state index is 11.0. The number of nitrogens with two attached hydrogens (primary N) is 1. The van der Waals surface area contributed by atoms with Gasteiger partial charge in [0.05, 0.1) is 5.69 Å². The van der Waals surface area contributed by atoms with Gasteiger partial charge in [-0.1, -0.05) is 25.1 Å². The Labute approximate surface area is 156 Å². The van der Waals surface area contributed by atoms with Gasteiger partial charge in [0, 0.05) is 30.1 Å². The highest BCUT2D eigenvalue weighted by atomic mass is 16.4. The number of primary amides is 1. The number of carboxylic acid groups (broad SMARTS) is 1. The van der Waals surface area contributed by atoms with Crippen molar-refractivity contribution in [1.29, 1.82) is 0 Å². The Morgan fingerprint density at radius 2 is 1.93 bits per heavy atom. The van der Waals surface area contributed by atoms with Crippen LogP contribution in [-0.2, 0) is 4.79 Å². The van der Waals surface area contributed by atoms with Crippen LogP contribution in [0.2, 0.25) is 0 Å². The third-order valence-corrected chi connectivity index (χ3v) is 3.54. The molecule has 5 N–H and O–H groups in total. The number of aromatic amines is 1. The van der Waals surface area contributed by atoms with Gasteiger partial charge in [0.1, 0.15) is 5.69 Å². The number of para-hydroxylation sites is 1. The van der Waals surface area contributed by atoms with Crippen LogP contribution in [0.3, 0.4) is 0 Å². The smallest absolute Gasteiger partial charge is 0.352 e. The van der Waals surface area contributed by atoms with E-state index >= 15 is 0 Å². The first-order valence-corrected chi connectivity index (χ1v) is 8.26. The fourth-order valence-electron chi connectivity index (χ4n) is 2.10. The molecule has 0 saturated carbocycles. The molecule has 27 heavy (non-hydrogen) atoms. The van der Waals surface area contributed by atoms with Gasteiger partial charge in [-0.05, 0) is 30.7 Å². The standard InChI is InChI=1S/C16H14N4O2.C3H7NO/c1-10-8-18-16(19-12-5-3-2-4-6-12)20-14(10)11-7-13(15(21)22)17-9-11;1-2-3(4)5/h2-9,17H,1H3,(H,21,22)(H,18,19,20);2H2,1H3,(H2,4,5). The number of aromatic carboxylic acids is 1. The van der Waals surface area contributed by atoms with Crippen LogP contribution >= 0.6 is 0 Å². The summed E-state index contributed by atoms with van der Waals surface area (Å²) in [5.74, 6) is -0.782. The predicted octanol–water partition coefficient (Wildman–Crippen LogP) is 3.10. The fraction of sp³-hybridized carbons (Fsp3) is 0.158. The van der Waals surface area contributed by atoms with Crippen LogP contribution in [0.15, 0.2) is 48.8 Å². The molecule has 3 aromatic rings. The highest BCUT2D eigenvalue weighted by Gasteiger charge is 2.12. The number of aryl methyl sites for hydroxylation is 1. The molecule has 0 fully saturated rings. The molecule has 1 amide bonds. The van der Waals surface area contributed by atoms with Gasteiger partial charge in [-0.15, -0.1) is 0 Å². The Morgan fingerprint density at radius 1 is 1.26 bits per heavy atom. The van der Waals surface area contributed by atoms with Crippen LogP contribution in [0.25, 0.3) is 11.3 Å². The molecule has 0 spiro atoms. The molecule has 1 aromatic carbocycles. The zero-order chi connectivity index (χ0) is 19.8. The molecule has 0 aliphatic heterocycles. The van der Waals surface area contributed by atoms with E-state index in [-0.39, 0.29) is 11.6 Å². The summed E-state index contributed by atoms with van der Waals surface area (Å²) in [6.45, 7) is 3.61. The summed E-state index contributed by atoms with van der Waals surface area (Å²) >= 11 is 0. The lowest BCUT2D eigenvalue weighted by Crippen LogP contribution is -2.06. The Morgan fingerprint density at radius 3 is 2.48 bits per heavy atom. The lowest BCUT2D eigenvalue weighted by Gasteiger charge is -2.07. The molecular formula is C19H21N5O3. The summed E-state index contributed by atoms with van der Waals surface area (Å²) in [5.41, 5.74) is 7.95. The second-order valence-electron chi connectivity index (χ2n) is 5.64. The molecule has 140 valence electrons. The average Bonchev–Trinajstić information content (AvgIpc) is 3.15.